The van der Waals surface area contributed by atoms with E-state index in [4.69, 9.17) is 14.5 Å². The normalized spacial score (nSPS) is 11.5. The second-order valence-corrected chi connectivity index (χ2v) is 11.3. The molecule has 0 atom stereocenters. The molecule has 0 bridgehead atoms. The van der Waals surface area contributed by atoms with Crippen LogP contribution in [-0.4, -0.2) is 35.0 Å². The Hall–Kier alpha value is -4.24. The summed E-state index contributed by atoms with van der Waals surface area (Å²) in [5.41, 5.74) is 2.04. The van der Waals surface area contributed by atoms with E-state index < -0.39 is 5.41 Å². The number of nitrogens with one attached hydrogen (secondary N) is 1. The molecule has 41 heavy (non-hydrogen) atoms. The number of benzene rings is 3. The summed E-state index contributed by atoms with van der Waals surface area (Å²) in [6, 6.07) is 18.3. The van der Waals surface area contributed by atoms with Gasteiger partial charge >= 0.3 is 0 Å². The molecule has 0 radical (unpaired) electrons. The van der Waals surface area contributed by atoms with Gasteiger partial charge < -0.3 is 14.8 Å². The number of carbonyl (C=O) groups is 1. The largest absolute Gasteiger partial charge is 0.490 e. The van der Waals surface area contributed by atoms with Crippen LogP contribution >= 0.6 is 15.9 Å². The van der Waals surface area contributed by atoms with E-state index in [-0.39, 0.29) is 18.1 Å². The number of fused-ring (bicyclic) bond motifs is 1. The van der Waals surface area contributed by atoms with Gasteiger partial charge in [0.25, 0.3) is 11.5 Å². The van der Waals surface area contributed by atoms with Crippen molar-refractivity contribution in [3.63, 3.8) is 0 Å². The first-order valence-corrected chi connectivity index (χ1v) is 14.1. The fourth-order valence-electron chi connectivity index (χ4n) is 4.21. The molecular weight excluding hydrogens is 584 g/mol. The maximum Gasteiger partial charge on any atom is 0.282 e. The van der Waals surface area contributed by atoms with Gasteiger partial charge in [-0.05, 0) is 61.4 Å². The Morgan fingerprint density at radius 2 is 1.88 bits per heavy atom. The number of hydrogen-bond acceptors (Lipinski definition) is 6. The lowest BCUT2D eigenvalue weighted by Crippen LogP contribution is -2.29. The van der Waals surface area contributed by atoms with E-state index in [0.717, 1.165) is 10.0 Å². The van der Waals surface area contributed by atoms with Crippen LogP contribution in [-0.2, 0) is 16.6 Å². The van der Waals surface area contributed by atoms with Gasteiger partial charge in [-0.25, -0.2) is 4.98 Å². The number of para-hydroxylation sites is 1. The molecule has 212 valence electrons. The van der Waals surface area contributed by atoms with Gasteiger partial charge in [-0.15, -0.1) is 6.58 Å². The van der Waals surface area contributed by atoms with Crippen LogP contribution in [0.2, 0.25) is 0 Å². The molecule has 0 fully saturated rings. The van der Waals surface area contributed by atoms with Gasteiger partial charge in [-0.3, -0.25) is 9.59 Å². The third kappa shape index (κ3) is 7.29. The molecule has 1 N–H and O–H groups in total. The van der Waals surface area contributed by atoms with Gasteiger partial charge in [0.05, 0.1) is 23.7 Å². The Bertz CT molecular complexity index is 1660. The minimum Gasteiger partial charge on any atom is -0.490 e. The number of hydrogen-bond donors (Lipinski definition) is 1. The van der Waals surface area contributed by atoms with Crippen LogP contribution in [0.3, 0.4) is 0 Å². The van der Waals surface area contributed by atoms with E-state index in [1.807, 2.05) is 64.1 Å². The number of anilines is 1. The quantitative estimate of drug-likeness (QED) is 0.162. The third-order valence-electron chi connectivity index (χ3n) is 6.02. The molecule has 0 aliphatic heterocycles. The van der Waals surface area contributed by atoms with E-state index in [9.17, 15) is 9.59 Å². The van der Waals surface area contributed by atoms with E-state index in [1.165, 1.54) is 4.68 Å². The Morgan fingerprint density at radius 1 is 1.12 bits per heavy atom. The fourth-order valence-corrected chi connectivity index (χ4v) is 4.57. The molecule has 1 heterocycles. The molecule has 0 saturated heterocycles. The van der Waals surface area contributed by atoms with E-state index in [2.05, 4.69) is 32.9 Å². The van der Waals surface area contributed by atoms with Gasteiger partial charge in [0.15, 0.2) is 18.1 Å². The second-order valence-electron chi connectivity index (χ2n) is 10.3. The molecule has 1 aromatic heterocycles. The molecule has 1 amide bonds. The number of ether oxygens (including phenoxy) is 2. The van der Waals surface area contributed by atoms with Crippen LogP contribution in [0.15, 0.2) is 87.7 Å². The van der Waals surface area contributed by atoms with Crippen LogP contribution in [0.1, 0.15) is 44.6 Å². The monoisotopic (exact) mass is 616 g/mol. The zero-order chi connectivity index (χ0) is 29.6. The Kier molecular flexibility index (Phi) is 9.39. The van der Waals surface area contributed by atoms with Crippen molar-refractivity contribution in [2.24, 2.45) is 5.10 Å². The van der Waals surface area contributed by atoms with Crippen molar-refractivity contribution in [2.45, 2.75) is 39.5 Å². The summed E-state index contributed by atoms with van der Waals surface area (Å²) in [5, 5.41) is 7.87. The number of allylic oxidation sites excluding steroid dienone is 1. The highest BCUT2D eigenvalue weighted by Gasteiger charge is 2.23. The first kappa shape index (κ1) is 29.7. The Labute approximate surface area is 247 Å². The van der Waals surface area contributed by atoms with Gasteiger partial charge in [0.1, 0.15) is 5.82 Å². The topological polar surface area (TPSA) is 94.8 Å². The highest BCUT2D eigenvalue weighted by Crippen LogP contribution is 2.34. The van der Waals surface area contributed by atoms with Gasteiger partial charge in [-0.1, -0.05) is 61.0 Å². The molecule has 0 unspecified atom stereocenters. The minimum atomic E-state index is -0.444. The van der Waals surface area contributed by atoms with Crippen LogP contribution in [0.5, 0.6) is 11.5 Å². The first-order valence-electron chi connectivity index (χ1n) is 13.3. The summed E-state index contributed by atoms with van der Waals surface area (Å²) in [7, 11) is 0. The lowest BCUT2D eigenvalue weighted by molar-refractivity contribution is -0.118. The number of rotatable bonds is 10. The number of carbonyl (C=O) groups excluding carboxylic acids is 1. The van der Waals surface area contributed by atoms with Crippen molar-refractivity contribution in [3.05, 3.63) is 105 Å². The molecular formula is C32H33BrN4O4. The van der Waals surface area contributed by atoms with E-state index in [0.29, 0.717) is 52.5 Å². The fraction of sp³-hybridized carbons (Fsp3) is 0.250. The van der Waals surface area contributed by atoms with Crippen molar-refractivity contribution in [1.29, 1.82) is 0 Å². The maximum absolute atomic E-state index is 13.5. The summed E-state index contributed by atoms with van der Waals surface area (Å²) < 4.78 is 14.0. The zero-order valence-corrected chi connectivity index (χ0v) is 25.2. The number of halogens is 1. The average Bonchev–Trinajstić information content (AvgIpc) is 2.92. The van der Waals surface area contributed by atoms with Crippen molar-refractivity contribution in [1.82, 2.24) is 9.66 Å². The van der Waals surface area contributed by atoms with Gasteiger partial charge in [0.2, 0.25) is 0 Å². The molecule has 3 aromatic carbocycles. The summed E-state index contributed by atoms with van der Waals surface area (Å²) in [6.07, 6.45) is 3.81. The van der Waals surface area contributed by atoms with E-state index >= 15 is 0 Å². The molecule has 0 aliphatic rings. The van der Waals surface area contributed by atoms with Crippen LogP contribution in [0.25, 0.3) is 10.9 Å². The van der Waals surface area contributed by atoms with Crippen LogP contribution < -0.4 is 20.3 Å². The highest BCUT2D eigenvalue weighted by atomic mass is 79.9. The average molecular weight is 618 g/mol. The maximum atomic E-state index is 13.5. The smallest absolute Gasteiger partial charge is 0.282 e. The summed E-state index contributed by atoms with van der Waals surface area (Å²) >= 11 is 3.44. The predicted molar refractivity (Wildman–Crippen MR) is 167 cm³/mol. The summed E-state index contributed by atoms with van der Waals surface area (Å²) in [4.78, 5) is 30.9. The van der Waals surface area contributed by atoms with Crippen molar-refractivity contribution in [3.8, 4) is 11.5 Å². The lowest BCUT2D eigenvalue weighted by Gasteiger charge is -2.21. The van der Waals surface area contributed by atoms with Crippen LogP contribution in [0, 0.1) is 0 Å². The molecule has 8 nitrogen and oxygen atoms in total. The Morgan fingerprint density at radius 3 is 2.56 bits per heavy atom. The molecule has 0 spiro atoms. The second kappa shape index (κ2) is 13.0. The number of amides is 1. The van der Waals surface area contributed by atoms with Crippen molar-refractivity contribution in [2.75, 3.05) is 18.5 Å². The first-order chi connectivity index (χ1) is 19.6. The molecule has 0 aliphatic carbocycles. The third-order valence-corrected chi connectivity index (χ3v) is 6.52. The zero-order valence-electron chi connectivity index (χ0n) is 23.6. The lowest BCUT2D eigenvalue weighted by atomic mass is 9.95. The molecule has 9 heteroatoms. The van der Waals surface area contributed by atoms with Gasteiger partial charge in [0, 0.05) is 21.1 Å². The molecule has 4 aromatic rings. The summed E-state index contributed by atoms with van der Waals surface area (Å²) in [6.45, 7) is 11.9. The van der Waals surface area contributed by atoms with Crippen molar-refractivity contribution < 1.29 is 14.3 Å². The van der Waals surface area contributed by atoms with Crippen LogP contribution in [0.4, 0.5) is 5.69 Å². The number of nitrogens with zero attached hydrogens (tertiary/aromatic N) is 3. The molecule has 0 saturated carbocycles. The van der Waals surface area contributed by atoms with Crippen molar-refractivity contribution >= 4 is 44.6 Å². The highest BCUT2D eigenvalue weighted by molar-refractivity contribution is 9.10. The minimum absolute atomic E-state index is 0.199. The summed E-state index contributed by atoms with van der Waals surface area (Å²) in [5.74, 6) is 1.16. The van der Waals surface area contributed by atoms with E-state index in [1.54, 1.807) is 36.6 Å². The Balaban J connectivity index is 1.71. The molecule has 4 rings (SSSR count). The standard InChI is InChI=1S/C32H33BrN4O4/c1-6-11-22-16-21(17-27(40-7-2)29(22)41-20-28(38)35-24-12-9-8-10-13-24)19-34-37-30(39)25-18-23(33)14-15-26(25)36-31(37)32(3,4)5/h6,8-10,12-19H,1,7,11,20H2,2-5H3,(H,35,38). The predicted octanol–water partition coefficient (Wildman–Crippen LogP) is 6.48. The SMILES string of the molecule is C=CCc1cc(C=Nn2c(C(C)(C)C)nc3ccc(Br)cc3c2=O)cc(OCC)c1OCC(=O)Nc1ccccc1. The van der Waals surface area contributed by atoms with Gasteiger partial charge in [-0.2, -0.15) is 9.78 Å². The number of aromatic nitrogens is 2.